The van der Waals surface area contributed by atoms with Crippen LogP contribution in [0.2, 0.25) is 5.02 Å². The van der Waals surface area contributed by atoms with Crippen LogP contribution in [0.4, 0.5) is 5.82 Å². The van der Waals surface area contributed by atoms with Gasteiger partial charge in [0, 0.05) is 17.6 Å². The molecule has 13 heteroatoms. The summed E-state index contributed by atoms with van der Waals surface area (Å²) in [5, 5.41) is 42.8. The van der Waals surface area contributed by atoms with Crippen LogP contribution in [0.3, 0.4) is 0 Å². The van der Waals surface area contributed by atoms with Crippen molar-refractivity contribution < 1.29 is 30.0 Å². The number of imidazole rings is 1. The third kappa shape index (κ3) is 3.91. The maximum absolute atomic E-state index is 12.2. The van der Waals surface area contributed by atoms with Gasteiger partial charge in [-0.3, -0.25) is 9.36 Å². The highest BCUT2D eigenvalue weighted by molar-refractivity contribution is 6.31. The third-order valence-electron chi connectivity index (χ3n) is 4.94. The lowest BCUT2D eigenvalue weighted by molar-refractivity contribution is -0.0245. The Hall–Kier alpha value is -3.45. The molecule has 3 heterocycles. The van der Waals surface area contributed by atoms with E-state index in [2.05, 4.69) is 20.3 Å². The van der Waals surface area contributed by atoms with Crippen LogP contribution in [-0.2, 0) is 4.74 Å². The number of halogens is 1. The lowest BCUT2D eigenvalue weighted by Crippen LogP contribution is -2.31. The number of phenolic OH excluding ortho intramolecular Hbond substituents is 2. The maximum Gasteiger partial charge on any atom is 0.255 e. The molecule has 32 heavy (non-hydrogen) atoms. The van der Waals surface area contributed by atoms with Crippen molar-refractivity contribution >= 4 is 34.5 Å². The number of phenols is 2. The van der Waals surface area contributed by atoms with Crippen LogP contribution >= 0.6 is 11.6 Å². The summed E-state index contributed by atoms with van der Waals surface area (Å²) in [6.07, 6.45) is 1.24. The molecule has 7 N–H and O–H groups in total. The van der Waals surface area contributed by atoms with E-state index in [4.69, 9.17) is 22.1 Å². The number of amides is 1. The average Bonchev–Trinajstić information content (AvgIpc) is 3.30. The fourth-order valence-corrected chi connectivity index (χ4v) is 3.55. The van der Waals surface area contributed by atoms with Crippen molar-refractivity contribution in [2.45, 2.75) is 24.5 Å². The monoisotopic (exact) mass is 462 g/mol. The van der Waals surface area contributed by atoms with Crippen molar-refractivity contribution in [2.24, 2.45) is 0 Å². The molecule has 1 unspecified atom stereocenters. The van der Waals surface area contributed by atoms with Crippen LogP contribution in [0.5, 0.6) is 11.5 Å². The molecule has 0 saturated carbocycles. The summed E-state index contributed by atoms with van der Waals surface area (Å²) in [5.74, 6) is -1.60. The SMILES string of the molecule is Nc1ncnc2c1ncn2[C@@H]1O[C@H](C=CCNC(=O)c2cc(Cl)cc(O)c2O)[C@H](O)C1O. The van der Waals surface area contributed by atoms with Crippen molar-refractivity contribution in [2.75, 3.05) is 12.3 Å². The summed E-state index contributed by atoms with van der Waals surface area (Å²) in [5.41, 5.74) is 6.26. The molecule has 12 nitrogen and oxygen atoms in total. The number of fused-ring (bicyclic) bond motifs is 1. The first-order chi connectivity index (χ1) is 15.3. The minimum atomic E-state index is -1.28. The van der Waals surface area contributed by atoms with Gasteiger partial charge in [-0.1, -0.05) is 23.8 Å². The number of aliphatic hydroxyl groups excluding tert-OH is 2. The van der Waals surface area contributed by atoms with E-state index in [1.54, 1.807) is 0 Å². The van der Waals surface area contributed by atoms with Crippen molar-refractivity contribution in [3.05, 3.63) is 47.5 Å². The molecule has 0 aliphatic carbocycles. The number of hydrogen-bond acceptors (Lipinski definition) is 10. The predicted molar refractivity (Wildman–Crippen MR) is 112 cm³/mol. The number of nitrogens with zero attached hydrogens (tertiary/aromatic N) is 4. The van der Waals surface area contributed by atoms with Crippen molar-refractivity contribution in [3.8, 4) is 11.5 Å². The zero-order valence-electron chi connectivity index (χ0n) is 16.3. The highest BCUT2D eigenvalue weighted by Gasteiger charge is 2.43. The Bertz CT molecular complexity index is 1200. The van der Waals surface area contributed by atoms with E-state index in [-0.39, 0.29) is 22.9 Å². The van der Waals surface area contributed by atoms with E-state index < -0.39 is 41.9 Å². The van der Waals surface area contributed by atoms with Gasteiger partial charge in [-0.05, 0) is 6.07 Å². The zero-order valence-corrected chi connectivity index (χ0v) is 17.1. The summed E-state index contributed by atoms with van der Waals surface area (Å²) in [6.45, 7) is 0.0106. The van der Waals surface area contributed by atoms with Gasteiger partial charge >= 0.3 is 0 Å². The fourth-order valence-electron chi connectivity index (χ4n) is 3.34. The molecule has 2 aromatic heterocycles. The molecule has 4 rings (SSSR count). The molecule has 1 aromatic carbocycles. The van der Waals surface area contributed by atoms with Gasteiger partial charge < -0.3 is 36.2 Å². The van der Waals surface area contributed by atoms with E-state index in [0.717, 1.165) is 6.07 Å². The van der Waals surface area contributed by atoms with Crippen LogP contribution in [0.1, 0.15) is 16.6 Å². The number of ether oxygens (including phenoxy) is 1. The molecule has 3 aromatic rings. The highest BCUT2D eigenvalue weighted by atomic mass is 35.5. The van der Waals surface area contributed by atoms with Crippen molar-refractivity contribution in [1.29, 1.82) is 0 Å². The Kier molecular flexibility index (Phi) is 5.84. The molecule has 168 valence electrons. The van der Waals surface area contributed by atoms with Crippen molar-refractivity contribution in [1.82, 2.24) is 24.8 Å². The smallest absolute Gasteiger partial charge is 0.255 e. The van der Waals surface area contributed by atoms with Gasteiger partial charge in [0.05, 0.1) is 11.9 Å². The molecular weight excluding hydrogens is 444 g/mol. The van der Waals surface area contributed by atoms with Crippen molar-refractivity contribution in [3.63, 3.8) is 0 Å². The minimum Gasteiger partial charge on any atom is -0.504 e. The van der Waals surface area contributed by atoms with Crippen LogP contribution < -0.4 is 11.1 Å². The van der Waals surface area contributed by atoms with Gasteiger partial charge in [-0.15, -0.1) is 0 Å². The largest absolute Gasteiger partial charge is 0.504 e. The van der Waals surface area contributed by atoms with Crippen LogP contribution in [0.15, 0.2) is 36.9 Å². The molecule has 0 radical (unpaired) electrons. The number of benzene rings is 1. The number of nitrogen functional groups attached to an aromatic ring is 1. The second kappa shape index (κ2) is 8.59. The number of anilines is 1. The first kappa shape index (κ1) is 21.8. The molecule has 0 bridgehead atoms. The number of aromatic nitrogens is 4. The van der Waals surface area contributed by atoms with Crippen LogP contribution in [0.25, 0.3) is 11.2 Å². The lowest BCUT2D eigenvalue weighted by atomic mass is 10.1. The Morgan fingerprint density at radius 2 is 2.03 bits per heavy atom. The Morgan fingerprint density at radius 1 is 1.25 bits per heavy atom. The summed E-state index contributed by atoms with van der Waals surface area (Å²) >= 11 is 5.79. The predicted octanol–water partition coefficient (Wildman–Crippen LogP) is 0.0785. The fraction of sp³-hybridized carbons (Fsp3) is 0.263. The number of aromatic hydroxyl groups is 2. The number of hydrogen-bond donors (Lipinski definition) is 6. The van der Waals surface area contributed by atoms with Gasteiger partial charge in [-0.2, -0.15) is 0 Å². The second-order valence-corrected chi connectivity index (χ2v) is 7.45. The van der Waals surface area contributed by atoms with Crippen LogP contribution in [0, 0.1) is 0 Å². The van der Waals surface area contributed by atoms with Gasteiger partial charge in [0.1, 0.15) is 30.2 Å². The Balaban J connectivity index is 1.42. The van der Waals surface area contributed by atoms with Gasteiger partial charge in [0.2, 0.25) is 0 Å². The quantitative estimate of drug-likeness (QED) is 0.223. The topological polar surface area (TPSA) is 189 Å². The molecule has 0 spiro atoms. The number of carbonyl (C=O) groups is 1. The Labute approximate surface area is 185 Å². The summed E-state index contributed by atoms with van der Waals surface area (Å²) in [4.78, 5) is 24.3. The standard InChI is InChI=1S/C19H19ClN6O6/c20-8-4-9(13(28)10(27)5-8)18(31)22-3-1-2-11-14(29)15(30)19(32-11)26-7-25-12-16(21)23-6-24-17(12)26/h1-2,4-7,11,14-15,19,27-30H,3H2,(H,22,31)(H2,21,23,24)/t11-,14+,15?,19-/m1/s1. The van der Waals surface area contributed by atoms with Gasteiger partial charge in [0.25, 0.3) is 5.91 Å². The summed E-state index contributed by atoms with van der Waals surface area (Å²) < 4.78 is 7.20. The molecular formula is C19H19ClN6O6. The maximum atomic E-state index is 12.2. The number of rotatable bonds is 5. The average molecular weight is 463 g/mol. The first-order valence-corrected chi connectivity index (χ1v) is 9.76. The summed E-state index contributed by atoms with van der Waals surface area (Å²) in [6, 6.07) is 2.32. The molecule has 4 atom stereocenters. The first-order valence-electron chi connectivity index (χ1n) is 9.39. The van der Waals surface area contributed by atoms with Gasteiger partial charge in [0.15, 0.2) is 29.2 Å². The molecule has 1 saturated heterocycles. The molecule has 1 amide bonds. The van der Waals surface area contributed by atoms with Gasteiger partial charge in [-0.25, -0.2) is 15.0 Å². The minimum absolute atomic E-state index is 0.0106. The van der Waals surface area contributed by atoms with E-state index in [1.807, 2.05) is 0 Å². The van der Waals surface area contributed by atoms with E-state index in [9.17, 15) is 25.2 Å². The lowest BCUT2D eigenvalue weighted by Gasteiger charge is -2.16. The van der Waals surface area contributed by atoms with E-state index in [0.29, 0.717) is 11.2 Å². The molecule has 1 aliphatic rings. The number of nitrogens with one attached hydrogen (secondary N) is 1. The number of aliphatic hydroxyl groups is 2. The zero-order chi connectivity index (χ0) is 23.0. The van der Waals surface area contributed by atoms with E-state index >= 15 is 0 Å². The molecule has 1 aliphatic heterocycles. The second-order valence-electron chi connectivity index (χ2n) is 7.01. The van der Waals surface area contributed by atoms with E-state index in [1.165, 1.54) is 35.4 Å². The Morgan fingerprint density at radius 3 is 2.81 bits per heavy atom. The number of nitrogens with two attached hydrogens (primary N) is 1. The highest BCUT2D eigenvalue weighted by Crippen LogP contribution is 2.33. The number of carbonyl (C=O) groups excluding carboxylic acids is 1. The third-order valence-corrected chi connectivity index (χ3v) is 5.16. The summed E-state index contributed by atoms with van der Waals surface area (Å²) in [7, 11) is 0. The molecule has 1 fully saturated rings. The van der Waals surface area contributed by atoms with Crippen LogP contribution in [-0.4, -0.2) is 70.7 Å². The normalized spacial score (nSPS) is 23.2.